The summed E-state index contributed by atoms with van der Waals surface area (Å²) in [6.07, 6.45) is 5.83. The Morgan fingerprint density at radius 2 is 2.07 bits per heavy atom. The average molecular weight is 479 g/mol. The summed E-state index contributed by atoms with van der Waals surface area (Å²) in [7, 11) is 0. The van der Waals surface area contributed by atoms with E-state index in [2.05, 4.69) is 70.8 Å². The van der Waals surface area contributed by atoms with E-state index in [1.807, 2.05) is 12.4 Å². The van der Waals surface area contributed by atoms with Crippen LogP contribution in [0.5, 0.6) is 0 Å². The van der Waals surface area contributed by atoms with Crippen molar-refractivity contribution < 1.29 is 0 Å². The first kappa shape index (κ1) is 21.5. The van der Waals surface area contributed by atoms with Crippen LogP contribution in [0, 0.1) is 6.92 Å². The van der Waals surface area contributed by atoms with E-state index in [1.54, 1.807) is 0 Å². The molecule has 2 aromatic rings. The highest BCUT2D eigenvalue weighted by atomic mass is 127. The van der Waals surface area contributed by atoms with E-state index in [1.165, 1.54) is 16.8 Å². The van der Waals surface area contributed by atoms with Crippen LogP contribution in [0.3, 0.4) is 0 Å². The molecule has 0 radical (unpaired) electrons. The fourth-order valence-electron chi connectivity index (χ4n) is 3.34. The molecule has 1 atom stereocenters. The molecule has 2 heterocycles. The lowest BCUT2D eigenvalue weighted by atomic mass is 10.1. The minimum absolute atomic E-state index is 0. The van der Waals surface area contributed by atoms with Crippen molar-refractivity contribution >= 4 is 35.6 Å². The van der Waals surface area contributed by atoms with Gasteiger partial charge in [0.1, 0.15) is 0 Å². The lowest BCUT2D eigenvalue weighted by Crippen LogP contribution is -2.44. The number of halogens is 1. The largest absolute Gasteiger partial charge is 0.369 e. The number of aromatic nitrogens is 1. The summed E-state index contributed by atoms with van der Waals surface area (Å²) in [6, 6.07) is 13.1. The first-order chi connectivity index (χ1) is 12.8. The minimum Gasteiger partial charge on any atom is -0.369 e. The highest BCUT2D eigenvalue weighted by molar-refractivity contribution is 14.0. The van der Waals surface area contributed by atoms with Crippen LogP contribution in [0.4, 0.5) is 5.69 Å². The van der Waals surface area contributed by atoms with Gasteiger partial charge in [-0.05, 0) is 56.0 Å². The van der Waals surface area contributed by atoms with Gasteiger partial charge in [-0.15, -0.1) is 24.0 Å². The molecule has 1 aromatic carbocycles. The fraction of sp³-hybridized carbons (Fsp3) is 0.429. The molecule has 5 nitrogen and oxygen atoms in total. The SMILES string of the molecule is CCNC(=NCCc1ccncc1C)NC1CCN(c2ccccc2)C1.I. The lowest BCUT2D eigenvalue weighted by molar-refractivity contribution is 0.649. The van der Waals surface area contributed by atoms with Crippen molar-refractivity contribution in [3.8, 4) is 0 Å². The van der Waals surface area contributed by atoms with Crippen molar-refractivity contribution in [3.63, 3.8) is 0 Å². The first-order valence-corrected chi connectivity index (χ1v) is 9.50. The maximum absolute atomic E-state index is 4.77. The Hall–Kier alpha value is -1.83. The summed E-state index contributed by atoms with van der Waals surface area (Å²) < 4.78 is 0. The lowest BCUT2D eigenvalue weighted by Gasteiger charge is -2.20. The van der Waals surface area contributed by atoms with Gasteiger partial charge in [0, 0.05) is 50.3 Å². The number of rotatable bonds is 6. The molecular formula is C21H30IN5. The Morgan fingerprint density at radius 3 is 2.81 bits per heavy atom. The Morgan fingerprint density at radius 1 is 1.26 bits per heavy atom. The summed E-state index contributed by atoms with van der Waals surface area (Å²) in [5.41, 5.74) is 3.84. The van der Waals surface area contributed by atoms with Crippen LogP contribution in [-0.4, -0.2) is 43.2 Å². The third kappa shape index (κ3) is 6.37. The molecule has 0 aliphatic carbocycles. The second kappa shape index (κ2) is 11.1. The third-order valence-electron chi connectivity index (χ3n) is 4.78. The number of para-hydroxylation sites is 1. The summed E-state index contributed by atoms with van der Waals surface area (Å²) >= 11 is 0. The van der Waals surface area contributed by atoms with E-state index in [0.717, 1.165) is 45.0 Å². The molecule has 1 unspecified atom stereocenters. The molecule has 0 bridgehead atoms. The normalized spacial score (nSPS) is 16.7. The van der Waals surface area contributed by atoms with Gasteiger partial charge in [0.2, 0.25) is 0 Å². The monoisotopic (exact) mass is 479 g/mol. The predicted octanol–water partition coefficient (Wildman–Crippen LogP) is 3.38. The van der Waals surface area contributed by atoms with E-state index in [-0.39, 0.29) is 24.0 Å². The molecule has 0 saturated carbocycles. The van der Waals surface area contributed by atoms with Gasteiger partial charge in [-0.3, -0.25) is 9.98 Å². The van der Waals surface area contributed by atoms with Gasteiger partial charge in [-0.2, -0.15) is 0 Å². The molecule has 0 amide bonds. The van der Waals surface area contributed by atoms with E-state index in [4.69, 9.17) is 4.99 Å². The number of aliphatic imine (C=N–C) groups is 1. The second-order valence-electron chi connectivity index (χ2n) is 6.72. The maximum Gasteiger partial charge on any atom is 0.191 e. The first-order valence-electron chi connectivity index (χ1n) is 9.50. The maximum atomic E-state index is 4.77. The van der Waals surface area contributed by atoms with Crippen molar-refractivity contribution in [1.29, 1.82) is 0 Å². The molecule has 1 aliphatic rings. The van der Waals surface area contributed by atoms with Crippen LogP contribution in [0.2, 0.25) is 0 Å². The van der Waals surface area contributed by atoms with Gasteiger partial charge in [-0.1, -0.05) is 18.2 Å². The van der Waals surface area contributed by atoms with Crippen LogP contribution >= 0.6 is 24.0 Å². The van der Waals surface area contributed by atoms with Crippen molar-refractivity contribution in [1.82, 2.24) is 15.6 Å². The van der Waals surface area contributed by atoms with Gasteiger partial charge < -0.3 is 15.5 Å². The van der Waals surface area contributed by atoms with Crippen molar-refractivity contribution in [2.45, 2.75) is 32.7 Å². The number of anilines is 1. The quantitative estimate of drug-likeness (QED) is 0.379. The van der Waals surface area contributed by atoms with Gasteiger partial charge in [0.15, 0.2) is 5.96 Å². The number of benzene rings is 1. The summed E-state index contributed by atoms with van der Waals surface area (Å²) in [5.74, 6) is 0.916. The number of hydrogen-bond acceptors (Lipinski definition) is 3. The topological polar surface area (TPSA) is 52.6 Å². The summed E-state index contributed by atoms with van der Waals surface area (Å²) in [6.45, 7) is 7.95. The van der Waals surface area contributed by atoms with Crippen molar-refractivity contribution in [3.05, 3.63) is 59.9 Å². The Labute approximate surface area is 179 Å². The summed E-state index contributed by atoms with van der Waals surface area (Å²) in [5, 5.41) is 6.98. The zero-order valence-electron chi connectivity index (χ0n) is 16.2. The van der Waals surface area contributed by atoms with Crippen LogP contribution in [0.25, 0.3) is 0 Å². The molecule has 1 saturated heterocycles. The smallest absolute Gasteiger partial charge is 0.191 e. The fourth-order valence-corrected chi connectivity index (χ4v) is 3.34. The molecule has 3 rings (SSSR count). The van der Waals surface area contributed by atoms with Gasteiger partial charge in [0.05, 0.1) is 0 Å². The van der Waals surface area contributed by atoms with E-state index < -0.39 is 0 Å². The number of hydrogen-bond donors (Lipinski definition) is 2. The molecule has 2 N–H and O–H groups in total. The second-order valence-corrected chi connectivity index (χ2v) is 6.72. The molecular weight excluding hydrogens is 449 g/mol. The Kier molecular flexibility index (Phi) is 8.84. The molecule has 6 heteroatoms. The molecule has 146 valence electrons. The van der Waals surface area contributed by atoms with Crippen molar-refractivity contribution in [2.24, 2.45) is 4.99 Å². The van der Waals surface area contributed by atoms with Crippen LogP contribution in [-0.2, 0) is 6.42 Å². The third-order valence-corrected chi connectivity index (χ3v) is 4.78. The zero-order valence-corrected chi connectivity index (χ0v) is 18.5. The van der Waals surface area contributed by atoms with E-state index in [9.17, 15) is 0 Å². The zero-order chi connectivity index (χ0) is 18.2. The van der Waals surface area contributed by atoms with Gasteiger partial charge in [-0.25, -0.2) is 0 Å². The summed E-state index contributed by atoms with van der Waals surface area (Å²) in [4.78, 5) is 11.4. The van der Waals surface area contributed by atoms with Crippen molar-refractivity contribution in [2.75, 3.05) is 31.1 Å². The molecule has 0 spiro atoms. The highest BCUT2D eigenvalue weighted by Gasteiger charge is 2.23. The minimum atomic E-state index is 0. The van der Waals surface area contributed by atoms with Gasteiger partial charge >= 0.3 is 0 Å². The molecule has 1 aliphatic heterocycles. The Bertz CT molecular complexity index is 720. The average Bonchev–Trinajstić information content (AvgIpc) is 3.13. The molecule has 27 heavy (non-hydrogen) atoms. The van der Waals surface area contributed by atoms with Crippen LogP contribution < -0.4 is 15.5 Å². The number of aryl methyl sites for hydroxylation is 1. The highest BCUT2D eigenvalue weighted by Crippen LogP contribution is 2.19. The van der Waals surface area contributed by atoms with Gasteiger partial charge in [0.25, 0.3) is 0 Å². The molecule has 1 fully saturated rings. The number of guanidine groups is 1. The molecule has 1 aromatic heterocycles. The predicted molar refractivity (Wildman–Crippen MR) is 124 cm³/mol. The Balaban J connectivity index is 0.00000261. The number of pyridine rings is 1. The number of nitrogens with one attached hydrogen (secondary N) is 2. The number of nitrogens with zero attached hydrogens (tertiary/aromatic N) is 3. The standard InChI is InChI=1S/C21H29N5.HI/c1-3-23-21(24-13-10-18-9-12-22-15-17(18)2)25-19-11-14-26(16-19)20-7-5-4-6-8-20;/h4-9,12,15,19H,3,10-11,13-14,16H2,1-2H3,(H2,23,24,25);1H. The van der Waals surface area contributed by atoms with E-state index >= 15 is 0 Å². The van der Waals surface area contributed by atoms with Crippen LogP contribution in [0.1, 0.15) is 24.5 Å². The van der Waals surface area contributed by atoms with Crippen LogP contribution in [0.15, 0.2) is 53.8 Å². The van der Waals surface area contributed by atoms with E-state index in [0.29, 0.717) is 6.04 Å².